The van der Waals surface area contributed by atoms with E-state index in [0.29, 0.717) is 12.0 Å². The molecule has 1 N–H and O–H groups in total. The highest BCUT2D eigenvalue weighted by Gasteiger charge is 2.42. The number of piperidine rings is 1. The summed E-state index contributed by atoms with van der Waals surface area (Å²) in [6.07, 6.45) is 0.677. The SMILES string of the molecule is Cc1ccc2c(c1)C(C)N(C1CCC(=O)NC1=O)C2=O. The minimum atomic E-state index is -0.553. The van der Waals surface area contributed by atoms with Crippen molar-refractivity contribution in [3.8, 4) is 0 Å². The van der Waals surface area contributed by atoms with Crippen molar-refractivity contribution in [1.82, 2.24) is 10.2 Å². The standard InChI is InChI=1S/C15H16N2O3/c1-8-3-4-10-11(7-8)9(2)17(15(10)20)12-5-6-13(18)16-14(12)19/h3-4,7,9,12H,5-6H2,1-2H3,(H,16,18,19). The van der Waals surface area contributed by atoms with Crippen LogP contribution in [0, 0.1) is 6.92 Å². The first kappa shape index (κ1) is 12.8. The van der Waals surface area contributed by atoms with Gasteiger partial charge >= 0.3 is 0 Å². The molecule has 0 aromatic heterocycles. The van der Waals surface area contributed by atoms with E-state index in [-0.39, 0.29) is 30.2 Å². The van der Waals surface area contributed by atoms with Gasteiger partial charge in [-0.1, -0.05) is 17.7 Å². The number of carbonyl (C=O) groups excluding carboxylic acids is 3. The molecule has 0 bridgehead atoms. The molecular formula is C15H16N2O3. The van der Waals surface area contributed by atoms with Crippen molar-refractivity contribution in [3.63, 3.8) is 0 Å². The molecular weight excluding hydrogens is 256 g/mol. The number of carbonyl (C=O) groups is 3. The van der Waals surface area contributed by atoms with Gasteiger partial charge < -0.3 is 4.90 Å². The zero-order valence-corrected chi connectivity index (χ0v) is 11.5. The second kappa shape index (κ2) is 4.44. The molecule has 0 spiro atoms. The number of amides is 3. The normalized spacial score (nSPS) is 25.7. The van der Waals surface area contributed by atoms with E-state index in [1.807, 2.05) is 32.0 Å². The van der Waals surface area contributed by atoms with Crippen molar-refractivity contribution < 1.29 is 14.4 Å². The Morgan fingerprint density at radius 3 is 2.70 bits per heavy atom. The van der Waals surface area contributed by atoms with Gasteiger partial charge in [0.25, 0.3) is 5.91 Å². The van der Waals surface area contributed by atoms with E-state index in [9.17, 15) is 14.4 Å². The molecule has 2 atom stereocenters. The van der Waals surface area contributed by atoms with Crippen molar-refractivity contribution in [1.29, 1.82) is 0 Å². The third kappa shape index (κ3) is 1.81. The number of hydrogen-bond donors (Lipinski definition) is 1. The molecule has 2 unspecified atom stereocenters. The molecule has 1 aromatic rings. The van der Waals surface area contributed by atoms with Gasteiger partial charge in [-0.25, -0.2) is 0 Å². The number of nitrogens with one attached hydrogen (secondary N) is 1. The summed E-state index contributed by atoms with van der Waals surface area (Å²) < 4.78 is 0. The van der Waals surface area contributed by atoms with Crippen LogP contribution in [-0.2, 0) is 9.59 Å². The molecule has 1 aromatic carbocycles. The molecule has 104 valence electrons. The molecule has 1 fully saturated rings. The van der Waals surface area contributed by atoms with Crippen molar-refractivity contribution in [2.45, 2.75) is 38.8 Å². The Hall–Kier alpha value is -2.17. The van der Waals surface area contributed by atoms with Gasteiger partial charge in [0.15, 0.2) is 0 Å². The van der Waals surface area contributed by atoms with E-state index in [0.717, 1.165) is 11.1 Å². The van der Waals surface area contributed by atoms with E-state index in [1.54, 1.807) is 4.90 Å². The van der Waals surface area contributed by atoms with Crippen LogP contribution in [-0.4, -0.2) is 28.7 Å². The fraction of sp³-hybridized carbons (Fsp3) is 0.400. The smallest absolute Gasteiger partial charge is 0.255 e. The Balaban J connectivity index is 1.95. The predicted octanol–water partition coefficient (Wildman–Crippen LogP) is 1.32. The average Bonchev–Trinajstić information content (AvgIpc) is 2.63. The van der Waals surface area contributed by atoms with E-state index >= 15 is 0 Å². The number of aryl methyl sites for hydroxylation is 1. The molecule has 5 heteroatoms. The summed E-state index contributed by atoms with van der Waals surface area (Å²) in [5.74, 6) is -0.758. The summed E-state index contributed by atoms with van der Waals surface area (Å²) >= 11 is 0. The number of nitrogens with zero attached hydrogens (tertiary/aromatic N) is 1. The topological polar surface area (TPSA) is 66.5 Å². The molecule has 2 heterocycles. The Bertz CT molecular complexity index is 624. The number of rotatable bonds is 1. The summed E-state index contributed by atoms with van der Waals surface area (Å²) in [6.45, 7) is 3.90. The molecule has 0 saturated carbocycles. The van der Waals surface area contributed by atoms with Gasteiger partial charge in [0.2, 0.25) is 11.8 Å². The van der Waals surface area contributed by atoms with E-state index in [1.165, 1.54) is 0 Å². The minimum absolute atomic E-state index is 0.123. The molecule has 20 heavy (non-hydrogen) atoms. The second-order valence-electron chi connectivity index (χ2n) is 5.45. The van der Waals surface area contributed by atoms with Crippen molar-refractivity contribution in [2.24, 2.45) is 0 Å². The Labute approximate surface area is 116 Å². The van der Waals surface area contributed by atoms with Crippen molar-refractivity contribution in [3.05, 3.63) is 34.9 Å². The lowest BCUT2D eigenvalue weighted by molar-refractivity contribution is -0.137. The number of benzene rings is 1. The quantitative estimate of drug-likeness (QED) is 0.784. The number of fused-ring (bicyclic) bond motifs is 1. The van der Waals surface area contributed by atoms with Crippen LogP contribution in [0.1, 0.15) is 47.3 Å². The van der Waals surface area contributed by atoms with Gasteiger partial charge in [-0.15, -0.1) is 0 Å². The van der Waals surface area contributed by atoms with E-state index in [2.05, 4.69) is 5.32 Å². The maximum atomic E-state index is 12.5. The highest BCUT2D eigenvalue weighted by molar-refractivity contribution is 6.05. The maximum absolute atomic E-state index is 12.5. The van der Waals surface area contributed by atoms with Crippen LogP contribution in [0.2, 0.25) is 0 Å². The summed E-state index contributed by atoms with van der Waals surface area (Å²) in [4.78, 5) is 37.3. The monoisotopic (exact) mass is 272 g/mol. The van der Waals surface area contributed by atoms with Gasteiger partial charge in [0.1, 0.15) is 6.04 Å². The van der Waals surface area contributed by atoms with E-state index < -0.39 is 6.04 Å². The Morgan fingerprint density at radius 1 is 1.25 bits per heavy atom. The van der Waals surface area contributed by atoms with Crippen LogP contribution in [0.5, 0.6) is 0 Å². The second-order valence-corrected chi connectivity index (χ2v) is 5.45. The van der Waals surface area contributed by atoms with Gasteiger partial charge in [0, 0.05) is 12.0 Å². The Morgan fingerprint density at radius 2 is 2.00 bits per heavy atom. The highest BCUT2D eigenvalue weighted by Crippen LogP contribution is 2.36. The summed E-state index contributed by atoms with van der Waals surface area (Å²) in [5.41, 5.74) is 2.71. The summed E-state index contributed by atoms with van der Waals surface area (Å²) in [6, 6.07) is 5.01. The third-order valence-electron chi connectivity index (χ3n) is 4.09. The largest absolute Gasteiger partial charge is 0.320 e. The van der Waals surface area contributed by atoms with Crippen LogP contribution in [0.15, 0.2) is 18.2 Å². The zero-order valence-electron chi connectivity index (χ0n) is 11.5. The first-order valence-corrected chi connectivity index (χ1v) is 6.76. The molecule has 2 aliphatic heterocycles. The molecule has 0 radical (unpaired) electrons. The van der Waals surface area contributed by atoms with Crippen molar-refractivity contribution >= 4 is 17.7 Å². The molecule has 3 amide bonds. The van der Waals surface area contributed by atoms with Gasteiger partial charge in [-0.05, 0) is 31.9 Å². The van der Waals surface area contributed by atoms with Gasteiger partial charge in [0.05, 0.1) is 6.04 Å². The van der Waals surface area contributed by atoms with Gasteiger partial charge in [-0.2, -0.15) is 0 Å². The number of imide groups is 1. The Kier molecular flexibility index (Phi) is 2.85. The van der Waals surface area contributed by atoms with Crippen LogP contribution in [0.4, 0.5) is 0 Å². The lowest BCUT2D eigenvalue weighted by Crippen LogP contribution is -2.53. The van der Waals surface area contributed by atoms with Crippen LogP contribution in [0.25, 0.3) is 0 Å². The maximum Gasteiger partial charge on any atom is 0.255 e. The third-order valence-corrected chi connectivity index (χ3v) is 4.09. The van der Waals surface area contributed by atoms with Crippen LogP contribution < -0.4 is 5.32 Å². The van der Waals surface area contributed by atoms with Gasteiger partial charge in [-0.3, -0.25) is 19.7 Å². The molecule has 1 saturated heterocycles. The fourth-order valence-electron chi connectivity index (χ4n) is 3.05. The van der Waals surface area contributed by atoms with Crippen LogP contribution in [0.3, 0.4) is 0 Å². The predicted molar refractivity (Wildman–Crippen MR) is 71.9 cm³/mol. The zero-order chi connectivity index (χ0) is 14.4. The molecule has 5 nitrogen and oxygen atoms in total. The van der Waals surface area contributed by atoms with Crippen molar-refractivity contribution in [2.75, 3.05) is 0 Å². The number of hydrogen-bond acceptors (Lipinski definition) is 3. The first-order chi connectivity index (χ1) is 9.49. The average molecular weight is 272 g/mol. The summed E-state index contributed by atoms with van der Waals surface area (Å²) in [7, 11) is 0. The lowest BCUT2D eigenvalue weighted by Gasteiger charge is -2.32. The highest BCUT2D eigenvalue weighted by atomic mass is 16.2. The minimum Gasteiger partial charge on any atom is -0.320 e. The van der Waals surface area contributed by atoms with E-state index in [4.69, 9.17) is 0 Å². The molecule has 0 aliphatic carbocycles. The molecule has 3 rings (SSSR count). The lowest BCUT2D eigenvalue weighted by atomic mass is 10.0. The van der Waals surface area contributed by atoms with Crippen LogP contribution >= 0.6 is 0 Å². The summed E-state index contributed by atoms with van der Waals surface area (Å²) in [5, 5.41) is 2.31. The fourth-order valence-corrected chi connectivity index (χ4v) is 3.05. The first-order valence-electron chi connectivity index (χ1n) is 6.76. The molecule has 2 aliphatic rings.